The maximum Gasteiger partial charge on any atom is 0.416 e. The molecule has 0 saturated carbocycles. The number of fused-ring (bicyclic) bond motifs is 1. The van der Waals surface area contributed by atoms with Crippen LogP contribution in [-0.4, -0.2) is 26.0 Å². The molecule has 0 saturated heterocycles. The summed E-state index contributed by atoms with van der Waals surface area (Å²) in [7, 11) is 0. The van der Waals surface area contributed by atoms with E-state index in [0.717, 1.165) is 46.7 Å². The minimum absolute atomic E-state index is 0.510. The van der Waals surface area contributed by atoms with E-state index >= 15 is 0 Å². The smallest absolute Gasteiger partial charge is 0.320 e. The Balaban J connectivity index is 1.34. The van der Waals surface area contributed by atoms with E-state index in [4.69, 9.17) is 4.98 Å². The fourth-order valence-corrected chi connectivity index (χ4v) is 4.56. The first-order valence-electron chi connectivity index (χ1n) is 9.92. The van der Waals surface area contributed by atoms with Crippen molar-refractivity contribution in [2.45, 2.75) is 25.7 Å². The van der Waals surface area contributed by atoms with Gasteiger partial charge in [0.15, 0.2) is 5.82 Å². The van der Waals surface area contributed by atoms with E-state index in [9.17, 15) is 13.2 Å². The summed E-state index contributed by atoms with van der Waals surface area (Å²) in [6.45, 7) is 2.19. The zero-order valence-electron chi connectivity index (χ0n) is 16.5. The molecule has 4 nitrogen and oxygen atoms in total. The highest BCUT2D eigenvalue weighted by atomic mass is 32.1. The van der Waals surface area contributed by atoms with Crippen molar-refractivity contribution in [3.8, 4) is 16.4 Å². The van der Waals surface area contributed by atoms with Crippen molar-refractivity contribution < 1.29 is 13.2 Å². The number of halogens is 3. The molecule has 0 fully saturated rings. The van der Waals surface area contributed by atoms with Crippen LogP contribution in [0.25, 0.3) is 16.4 Å². The largest absolute Gasteiger partial charge is 0.416 e. The fourth-order valence-electron chi connectivity index (χ4n) is 3.89. The molecule has 4 heterocycles. The molecule has 1 aliphatic heterocycles. The van der Waals surface area contributed by atoms with Crippen molar-refractivity contribution in [1.29, 1.82) is 0 Å². The fraction of sp³-hybridized carbons (Fsp3) is 0.217. The highest BCUT2D eigenvalue weighted by molar-refractivity contribution is 7.13. The van der Waals surface area contributed by atoms with E-state index in [1.807, 2.05) is 40.4 Å². The summed E-state index contributed by atoms with van der Waals surface area (Å²) in [4.78, 5) is 12.6. The Hall–Kier alpha value is -2.97. The molecule has 158 valence electrons. The Kier molecular flexibility index (Phi) is 5.11. The quantitative estimate of drug-likeness (QED) is 0.416. The lowest BCUT2D eigenvalue weighted by atomic mass is 10.1. The van der Waals surface area contributed by atoms with Gasteiger partial charge in [0.25, 0.3) is 0 Å². The van der Waals surface area contributed by atoms with E-state index in [-0.39, 0.29) is 0 Å². The standard InChI is InChI=1S/C23H19F3N4S/c24-23(25,26)17-4-1-5-18(12-17)30-9-2-6-19(30)15-29-10-8-20-16(14-29)13-27-22(28-20)21-7-3-11-31-21/h1-7,9,11-13H,8,10,14-15H2. The summed E-state index contributed by atoms with van der Waals surface area (Å²) < 4.78 is 41.2. The van der Waals surface area contributed by atoms with Crippen LogP contribution in [0.15, 0.2) is 66.3 Å². The molecule has 0 aliphatic carbocycles. The second kappa shape index (κ2) is 7.94. The molecule has 3 aromatic heterocycles. The zero-order valence-corrected chi connectivity index (χ0v) is 17.3. The first-order chi connectivity index (χ1) is 15.0. The molecule has 31 heavy (non-hydrogen) atoms. The number of hydrogen-bond acceptors (Lipinski definition) is 4. The molecule has 1 aliphatic rings. The summed E-state index contributed by atoms with van der Waals surface area (Å²) in [6.07, 6.45) is 0.164. The van der Waals surface area contributed by atoms with Gasteiger partial charge >= 0.3 is 6.18 Å². The van der Waals surface area contributed by atoms with Crippen LogP contribution in [0.4, 0.5) is 13.2 Å². The Labute approximate surface area is 181 Å². The molecular weight excluding hydrogens is 421 g/mol. The van der Waals surface area contributed by atoms with Crippen LogP contribution in [0, 0.1) is 0 Å². The summed E-state index contributed by atoms with van der Waals surface area (Å²) in [5.74, 6) is 0.764. The Morgan fingerprint density at radius 2 is 1.97 bits per heavy atom. The van der Waals surface area contributed by atoms with Gasteiger partial charge < -0.3 is 4.57 Å². The van der Waals surface area contributed by atoms with E-state index in [0.29, 0.717) is 18.8 Å². The van der Waals surface area contributed by atoms with Crippen LogP contribution in [0.2, 0.25) is 0 Å². The average molecular weight is 440 g/mol. The third-order valence-electron chi connectivity index (χ3n) is 5.42. The van der Waals surface area contributed by atoms with Crippen molar-refractivity contribution in [1.82, 2.24) is 19.4 Å². The van der Waals surface area contributed by atoms with Crippen LogP contribution >= 0.6 is 11.3 Å². The number of aromatic nitrogens is 3. The van der Waals surface area contributed by atoms with Crippen molar-refractivity contribution in [3.63, 3.8) is 0 Å². The predicted molar refractivity (Wildman–Crippen MR) is 114 cm³/mol. The molecule has 1 aromatic carbocycles. The lowest BCUT2D eigenvalue weighted by molar-refractivity contribution is -0.137. The molecule has 4 aromatic rings. The van der Waals surface area contributed by atoms with Crippen LogP contribution < -0.4 is 0 Å². The van der Waals surface area contributed by atoms with Crippen LogP contribution in [0.3, 0.4) is 0 Å². The summed E-state index contributed by atoms with van der Waals surface area (Å²) >= 11 is 1.62. The topological polar surface area (TPSA) is 34.0 Å². The molecule has 0 spiro atoms. The number of alkyl halides is 3. The van der Waals surface area contributed by atoms with E-state index in [1.54, 1.807) is 23.6 Å². The second-order valence-electron chi connectivity index (χ2n) is 7.52. The van der Waals surface area contributed by atoms with Gasteiger partial charge in [-0.15, -0.1) is 11.3 Å². The van der Waals surface area contributed by atoms with Gasteiger partial charge in [-0.25, -0.2) is 9.97 Å². The zero-order chi connectivity index (χ0) is 21.4. The molecule has 0 bridgehead atoms. The highest BCUT2D eigenvalue weighted by Crippen LogP contribution is 2.31. The maximum atomic E-state index is 13.1. The molecule has 0 N–H and O–H groups in total. The summed E-state index contributed by atoms with van der Waals surface area (Å²) in [5, 5.41) is 2.01. The second-order valence-corrected chi connectivity index (χ2v) is 8.47. The third kappa shape index (κ3) is 4.13. The highest BCUT2D eigenvalue weighted by Gasteiger charge is 2.30. The van der Waals surface area contributed by atoms with Crippen molar-refractivity contribution in [2.24, 2.45) is 0 Å². The number of benzene rings is 1. The van der Waals surface area contributed by atoms with Gasteiger partial charge in [-0.1, -0.05) is 12.1 Å². The van der Waals surface area contributed by atoms with Crippen molar-refractivity contribution in [2.75, 3.05) is 6.54 Å². The SMILES string of the molecule is FC(F)(F)c1cccc(-n2cccc2CN2CCc3nc(-c4cccs4)ncc3C2)c1. The van der Waals surface area contributed by atoms with Crippen LogP contribution in [0.1, 0.15) is 22.5 Å². The Morgan fingerprint density at radius 3 is 2.77 bits per heavy atom. The maximum absolute atomic E-state index is 13.1. The average Bonchev–Trinajstić information content (AvgIpc) is 3.45. The normalized spacial score (nSPS) is 14.5. The van der Waals surface area contributed by atoms with E-state index in [2.05, 4.69) is 9.88 Å². The molecule has 5 rings (SSSR count). The van der Waals surface area contributed by atoms with Crippen molar-refractivity contribution >= 4 is 11.3 Å². The van der Waals surface area contributed by atoms with Gasteiger partial charge in [0.2, 0.25) is 0 Å². The number of rotatable bonds is 4. The minimum atomic E-state index is -4.36. The van der Waals surface area contributed by atoms with Crippen LogP contribution in [0.5, 0.6) is 0 Å². The predicted octanol–water partition coefficient (Wildman–Crippen LogP) is 5.57. The third-order valence-corrected chi connectivity index (χ3v) is 6.29. The lowest BCUT2D eigenvalue weighted by Gasteiger charge is -2.28. The molecular formula is C23H19F3N4S. The Bertz CT molecular complexity index is 1200. The summed E-state index contributed by atoms with van der Waals surface area (Å²) in [6, 6.07) is 13.3. The monoisotopic (exact) mass is 440 g/mol. The van der Waals surface area contributed by atoms with Gasteiger partial charge in [0.05, 0.1) is 16.1 Å². The number of nitrogens with zero attached hydrogens (tertiary/aromatic N) is 4. The van der Waals surface area contributed by atoms with Crippen molar-refractivity contribution in [3.05, 3.63) is 88.8 Å². The summed E-state index contributed by atoms with van der Waals surface area (Å²) in [5.41, 5.74) is 2.98. The number of hydrogen-bond donors (Lipinski definition) is 0. The molecule has 0 unspecified atom stereocenters. The van der Waals surface area contributed by atoms with E-state index in [1.165, 1.54) is 12.1 Å². The van der Waals surface area contributed by atoms with Gasteiger partial charge in [-0.2, -0.15) is 13.2 Å². The lowest BCUT2D eigenvalue weighted by Crippen LogP contribution is -2.31. The van der Waals surface area contributed by atoms with E-state index < -0.39 is 11.7 Å². The molecule has 8 heteroatoms. The van der Waals surface area contributed by atoms with Gasteiger partial charge in [0, 0.05) is 55.4 Å². The first kappa shape index (κ1) is 20.0. The minimum Gasteiger partial charge on any atom is -0.320 e. The van der Waals surface area contributed by atoms with Crippen LogP contribution in [-0.2, 0) is 25.7 Å². The van der Waals surface area contributed by atoms with Gasteiger partial charge in [0.1, 0.15) is 0 Å². The molecule has 0 radical (unpaired) electrons. The number of thiophene rings is 1. The molecule has 0 atom stereocenters. The van der Waals surface area contributed by atoms with Gasteiger partial charge in [-0.3, -0.25) is 4.90 Å². The first-order valence-corrected chi connectivity index (χ1v) is 10.8. The molecule has 0 amide bonds. The Morgan fingerprint density at radius 1 is 1.06 bits per heavy atom. The van der Waals surface area contributed by atoms with Gasteiger partial charge in [-0.05, 0) is 41.8 Å².